The molecule has 0 radical (unpaired) electrons. The van der Waals surface area contributed by atoms with E-state index in [0.29, 0.717) is 6.10 Å². The van der Waals surface area contributed by atoms with Gasteiger partial charge in [-0.25, -0.2) is 0 Å². The number of hydrogen-bond acceptors (Lipinski definition) is 3. The maximum atomic E-state index is 12.1. The molecule has 1 unspecified atom stereocenters. The van der Waals surface area contributed by atoms with Crippen molar-refractivity contribution in [1.29, 1.82) is 0 Å². The Morgan fingerprint density at radius 1 is 1.38 bits per heavy atom. The van der Waals surface area contributed by atoms with E-state index < -0.39 is 6.36 Å². The molecule has 1 aromatic rings. The predicted molar refractivity (Wildman–Crippen MR) is 77.5 cm³/mol. The summed E-state index contributed by atoms with van der Waals surface area (Å²) in [6, 6.07) is 4.44. The highest BCUT2D eigenvalue weighted by atomic mass is 79.9. The molecule has 1 fully saturated rings. The molecule has 0 amide bonds. The van der Waals surface area contributed by atoms with Crippen LogP contribution in [0.2, 0.25) is 0 Å². The van der Waals surface area contributed by atoms with Gasteiger partial charge in [0.1, 0.15) is 5.75 Å². The van der Waals surface area contributed by atoms with Gasteiger partial charge in [0.2, 0.25) is 0 Å². The Morgan fingerprint density at radius 2 is 2.19 bits per heavy atom. The largest absolute Gasteiger partial charge is 0.573 e. The van der Waals surface area contributed by atoms with Crippen molar-refractivity contribution < 1.29 is 22.6 Å². The molecule has 2 rings (SSSR count). The highest BCUT2D eigenvalue weighted by Crippen LogP contribution is 2.32. The third-order valence-electron chi connectivity index (χ3n) is 3.21. The summed E-state index contributed by atoms with van der Waals surface area (Å²) in [6.45, 7) is 1.61. The smallest absolute Gasteiger partial charge is 0.405 e. The summed E-state index contributed by atoms with van der Waals surface area (Å²) in [5.74, 6) is -0.243. The molecule has 1 N–H and O–H groups in total. The first-order chi connectivity index (χ1) is 9.94. The van der Waals surface area contributed by atoms with Crippen molar-refractivity contribution in [2.45, 2.75) is 38.1 Å². The second kappa shape index (κ2) is 7.35. The van der Waals surface area contributed by atoms with E-state index >= 15 is 0 Å². The van der Waals surface area contributed by atoms with Crippen molar-refractivity contribution >= 4 is 21.6 Å². The second-order valence-corrected chi connectivity index (χ2v) is 5.75. The fourth-order valence-electron chi connectivity index (χ4n) is 2.25. The molecule has 0 aromatic heterocycles. The fraction of sp³-hybridized carbons (Fsp3) is 0.571. The molecule has 0 aliphatic carbocycles. The van der Waals surface area contributed by atoms with Crippen LogP contribution < -0.4 is 10.1 Å². The number of ether oxygens (including phenoxy) is 2. The van der Waals surface area contributed by atoms with Crippen molar-refractivity contribution in [2.24, 2.45) is 0 Å². The molecule has 1 atom stereocenters. The number of nitrogens with one attached hydrogen (secondary N) is 1. The lowest BCUT2D eigenvalue weighted by molar-refractivity contribution is -0.274. The Kier molecular flexibility index (Phi) is 5.75. The van der Waals surface area contributed by atoms with Gasteiger partial charge >= 0.3 is 6.36 Å². The van der Waals surface area contributed by atoms with E-state index in [4.69, 9.17) is 4.74 Å². The molecule has 1 aliphatic heterocycles. The summed E-state index contributed by atoms with van der Waals surface area (Å²) < 4.78 is 46.1. The maximum Gasteiger partial charge on any atom is 0.573 e. The van der Waals surface area contributed by atoms with E-state index in [2.05, 4.69) is 26.0 Å². The Hall–Kier alpha value is -0.950. The minimum atomic E-state index is -4.68. The zero-order valence-electron chi connectivity index (χ0n) is 11.4. The second-order valence-electron chi connectivity index (χ2n) is 4.90. The number of anilines is 1. The lowest BCUT2D eigenvalue weighted by atomic mass is 10.1. The van der Waals surface area contributed by atoms with Crippen molar-refractivity contribution in [2.75, 3.05) is 18.5 Å². The molecule has 0 spiro atoms. The van der Waals surface area contributed by atoms with E-state index in [9.17, 15) is 13.2 Å². The highest BCUT2D eigenvalue weighted by Gasteiger charge is 2.31. The Balaban J connectivity index is 1.77. The van der Waals surface area contributed by atoms with Crippen LogP contribution in [0, 0.1) is 0 Å². The molecule has 118 valence electrons. The van der Waals surface area contributed by atoms with Gasteiger partial charge in [-0.2, -0.15) is 0 Å². The third kappa shape index (κ3) is 5.74. The van der Waals surface area contributed by atoms with Gasteiger partial charge in [0, 0.05) is 18.8 Å². The monoisotopic (exact) mass is 367 g/mol. The first-order valence-corrected chi connectivity index (χ1v) is 7.64. The molecule has 0 bridgehead atoms. The molecule has 21 heavy (non-hydrogen) atoms. The van der Waals surface area contributed by atoms with Crippen molar-refractivity contribution in [3.63, 3.8) is 0 Å². The van der Waals surface area contributed by atoms with Gasteiger partial charge in [0.05, 0.1) is 10.6 Å². The summed E-state index contributed by atoms with van der Waals surface area (Å²) in [6.07, 6.45) is -0.104. The topological polar surface area (TPSA) is 30.5 Å². The molecule has 1 heterocycles. The lowest BCUT2D eigenvalue weighted by Crippen LogP contribution is -2.17. The van der Waals surface area contributed by atoms with Crippen molar-refractivity contribution in [3.8, 4) is 5.75 Å². The summed E-state index contributed by atoms with van der Waals surface area (Å²) in [5, 5.41) is 3.18. The van der Waals surface area contributed by atoms with Crippen LogP contribution in [0.5, 0.6) is 5.75 Å². The normalized spacial score (nSPS) is 18.8. The SMILES string of the molecule is FC(F)(F)Oc1ccc(NCCCC2CCCO2)cc1Br. The van der Waals surface area contributed by atoms with E-state index in [1.54, 1.807) is 12.1 Å². The van der Waals surface area contributed by atoms with Crippen LogP contribution in [-0.4, -0.2) is 25.6 Å². The lowest BCUT2D eigenvalue weighted by Gasteiger charge is -2.13. The summed E-state index contributed by atoms with van der Waals surface area (Å²) >= 11 is 3.08. The van der Waals surface area contributed by atoms with Gasteiger partial charge in [-0.1, -0.05) is 0 Å². The molecule has 1 aromatic carbocycles. The first-order valence-electron chi connectivity index (χ1n) is 6.85. The van der Waals surface area contributed by atoms with Crippen molar-refractivity contribution in [3.05, 3.63) is 22.7 Å². The molecule has 0 saturated carbocycles. The Bertz CT molecular complexity index is 462. The van der Waals surface area contributed by atoms with E-state index in [1.807, 2.05) is 0 Å². The van der Waals surface area contributed by atoms with Crippen LogP contribution >= 0.6 is 15.9 Å². The van der Waals surface area contributed by atoms with Crippen LogP contribution in [0.15, 0.2) is 22.7 Å². The third-order valence-corrected chi connectivity index (χ3v) is 3.83. The Morgan fingerprint density at radius 3 is 2.81 bits per heavy atom. The molecular formula is C14H17BrF3NO2. The maximum absolute atomic E-state index is 12.1. The molecular weight excluding hydrogens is 351 g/mol. The van der Waals surface area contributed by atoms with Gasteiger partial charge in [-0.05, 0) is 59.8 Å². The number of benzene rings is 1. The van der Waals surface area contributed by atoms with E-state index in [1.165, 1.54) is 6.07 Å². The van der Waals surface area contributed by atoms with Gasteiger partial charge in [0.25, 0.3) is 0 Å². The summed E-state index contributed by atoms with van der Waals surface area (Å²) in [5.41, 5.74) is 0.753. The number of alkyl halides is 3. The fourth-order valence-corrected chi connectivity index (χ4v) is 2.71. The zero-order valence-corrected chi connectivity index (χ0v) is 13.0. The average molecular weight is 368 g/mol. The number of halogens is 4. The van der Waals surface area contributed by atoms with Crippen LogP contribution in [0.4, 0.5) is 18.9 Å². The van der Waals surface area contributed by atoms with Crippen LogP contribution in [0.1, 0.15) is 25.7 Å². The Labute approximate surface area is 129 Å². The molecule has 1 aliphatic rings. The van der Waals surface area contributed by atoms with E-state index in [0.717, 1.165) is 44.5 Å². The predicted octanol–water partition coefficient (Wildman–Crippen LogP) is 4.72. The standard InChI is InChI=1S/C14H17BrF3NO2/c15-12-9-10(5-6-13(12)21-14(16,17)18)19-7-1-3-11-4-2-8-20-11/h5-6,9,11,19H,1-4,7-8H2. The van der Waals surface area contributed by atoms with Gasteiger partial charge in [0.15, 0.2) is 0 Å². The zero-order chi connectivity index (χ0) is 15.3. The minimum Gasteiger partial charge on any atom is -0.405 e. The van der Waals surface area contributed by atoms with Crippen LogP contribution in [0.25, 0.3) is 0 Å². The van der Waals surface area contributed by atoms with Crippen LogP contribution in [0.3, 0.4) is 0 Å². The van der Waals surface area contributed by atoms with Gasteiger partial charge in [-0.3, -0.25) is 0 Å². The van der Waals surface area contributed by atoms with Crippen molar-refractivity contribution in [1.82, 2.24) is 0 Å². The van der Waals surface area contributed by atoms with Gasteiger partial charge in [-0.15, -0.1) is 13.2 Å². The van der Waals surface area contributed by atoms with E-state index in [-0.39, 0.29) is 10.2 Å². The quantitative estimate of drug-likeness (QED) is 0.738. The molecule has 1 saturated heterocycles. The molecule has 3 nitrogen and oxygen atoms in total. The molecule has 7 heteroatoms. The van der Waals surface area contributed by atoms with Crippen LogP contribution in [-0.2, 0) is 4.74 Å². The first kappa shape index (κ1) is 16.4. The average Bonchev–Trinajstić information content (AvgIpc) is 2.89. The highest BCUT2D eigenvalue weighted by molar-refractivity contribution is 9.10. The van der Waals surface area contributed by atoms with Gasteiger partial charge < -0.3 is 14.8 Å². The summed E-state index contributed by atoms with van der Waals surface area (Å²) in [4.78, 5) is 0. The minimum absolute atomic E-state index is 0.243. The summed E-state index contributed by atoms with van der Waals surface area (Å²) in [7, 11) is 0. The number of hydrogen-bond donors (Lipinski definition) is 1. The number of rotatable bonds is 6.